The zero-order valence-corrected chi connectivity index (χ0v) is 10.9. The van der Waals surface area contributed by atoms with Gasteiger partial charge >= 0.3 is 0 Å². The van der Waals surface area contributed by atoms with Crippen molar-refractivity contribution in [3.05, 3.63) is 23.2 Å². The number of hydrogen-bond acceptors (Lipinski definition) is 5. The standard InChI is InChI=1S/C13H11ClN4O/c14-10-3-4-11-12(9-10)19-13(17-11)18(7-1-5-15)8-2-6-16/h3-4,9H,1-2,7-8H2. The number of oxazole rings is 1. The summed E-state index contributed by atoms with van der Waals surface area (Å²) in [6.07, 6.45) is 0.704. The number of anilines is 1. The number of hydrogen-bond donors (Lipinski definition) is 0. The van der Waals surface area contributed by atoms with Crippen molar-refractivity contribution in [2.45, 2.75) is 12.8 Å². The fourth-order valence-electron chi connectivity index (χ4n) is 1.69. The number of rotatable bonds is 5. The molecule has 0 saturated carbocycles. The van der Waals surface area contributed by atoms with E-state index < -0.39 is 0 Å². The van der Waals surface area contributed by atoms with E-state index in [0.29, 0.717) is 48.1 Å². The molecule has 1 aromatic heterocycles. The van der Waals surface area contributed by atoms with Crippen LogP contribution in [0, 0.1) is 22.7 Å². The van der Waals surface area contributed by atoms with E-state index >= 15 is 0 Å². The van der Waals surface area contributed by atoms with Crippen molar-refractivity contribution in [3.8, 4) is 12.1 Å². The fraction of sp³-hybridized carbons (Fsp3) is 0.308. The van der Waals surface area contributed by atoms with Crippen molar-refractivity contribution in [1.29, 1.82) is 10.5 Å². The number of fused-ring (bicyclic) bond motifs is 1. The van der Waals surface area contributed by atoms with E-state index in [2.05, 4.69) is 17.1 Å². The zero-order chi connectivity index (χ0) is 13.7. The van der Waals surface area contributed by atoms with Crippen molar-refractivity contribution >= 4 is 28.7 Å². The lowest BCUT2D eigenvalue weighted by Gasteiger charge is -2.17. The molecule has 0 spiro atoms. The Bertz CT molecular complexity index is 635. The van der Waals surface area contributed by atoms with E-state index in [4.69, 9.17) is 26.5 Å². The Morgan fingerprint density at radius 1 is 1.21 bits per heavy atom. The van der Waals surface area contributed by atoms with Crippen LogP contribution in [-0.4, -0.2) is 18.1 Å². The summed E-state index contributed by atoms with van der Waals surface area (Å²) in [6.45, 7) is 0.970. The van der Waals surface area contributed by atoms with Crippen LogP contribution in [0.5, 0.6) is 0 Å². The van der Waals surface area contributed by atoms with Gasteiger partial charge in [0.05, 0.1) is 25.0 Å². The minimum absolute atomic E-state index is 0.352. The third-order valence-electron chi connectivity index (χ3n) is 2.60. The largest absolute Gasteiger partial charge is 0.423 e. The third kappa shape index (κ3) is 3.15. The second kappa shape index (κ2) is 6.08. The summed E-state index contributed by atoms with van der Waals surface area (Å²) in [5, 5.41) is 17.9. The predicted molar refractivity (Wildman–Crippen MR) is 71.7 cm³/mol. The maximum Gasteiger partial charge on any atom is 0.298 e. The maximum atomic E-state index is 8.65. The van der Waals surface area contributed by atoms with Crippen LogP contribution >= 0.6 is 11.6 Å². The first-order chi connectivity index (χ1) is 9.24. The maximum absolute atomic E-state index is 8.65. The Morgan fingerprint density at radius 2 is 1.89 bits per heavy atom. The summed E-state index contributed by atoms with van der Waals surface area (Å²) in [5.41, 5.74) is 1.31. The summed E-state index contributed by atoms with van der Waals surface area (Å²) < 4.78 is 5.62. The van der Waals surface area contributed by atoms with E-state index in [-0.39, 0.29) is 0 Å². The average molecular weight is 275 g/mol. The Morgan fingerprint density at radius 3 is 2.53 bits per heavy atom. The molecule has 6 heteroatoms. The third-order valence-corrected chi connectivity index (χ3v) is 2.83. The number of halogens is 1. The summed E-state index contributed by atoms with van der Waals surface area (Å²) in [7, 11) is 0. The summed E-state index contributed by atoms with van der Waals surface area (Å²) in [5.74, 6) is 0. The van der Waals surface area contributed by atoms with Crippen molar-refractivity contribution in [3.63, 3.8) is 0 Å². The lowest BCUT2D eigenvalue weighted by molar-refractivity contribution is 0.568. The zero-order valence-electron chi connectivity index (χ0n) is 10.1. The van der Waals surface area contributed by atoms with Crippen LogP contribution in [0.1, 0.15) is 12.8 Å². The minimum Gasteiger partial charge on any atom is -0.423 e. The molecule has 0 saturated heterocycles. The number of nitrogens with zero attached hydrogens (tertiary/aromatic N) is 4. The van der Waals surface area contributed by atoms with Crippen LogP contribution in [0.4, 0.5) is 6.01 Å². The van der Waals surface area contributed by atoms with E-state index in [0.717, 1.165) is 0 Å². The normalized spacial score (nSPS) is 10.1. The number of aromatic nitrogens is 1. The molecule has 19 heavy (non-hydrogen) atoms. The monoisotopic (exact) mass is 274 g/mol. The van der Waals surface area contributed by atoms with Gasteiger partial charge in [0.25, 0.3) is 6.01 Å². The van der Waals surface area contributed by atoms with Crippen LogP contribution in [0.25, 0.3) is 11.1 Å². The van der Waals surface area contributed by atoms with E-state index in [9.17, 15) is 0 Å². The van der Waals surface area contributed by atoms with Crippen molar-refractivity contribution in [1.82, 2.24) is 4.98 Å². The van der Waals surface area contributed by atoms with Gasteiger partial charge in [0.15, 0.2) is 5.58 Å². The van der Waals surface area contributed by atoms with Gasteiger partial charge in [-0.2, -0.15) is 15.5 Å². The first kappa shape index (κ1) is 13.2. The molecule has 5 nitrogen and oxygen atoms in total. The molecule has 1 aromatic carbocycles. The van der Waals surface area contributed by atoms with Crippen LogP contribution in [0.3, 0.4) is 0 Å². The lowest BCUT2D eigenvalue weighted by Crippen LogP contribution is -2.25. The predicted octanol–water partition coefficient (Wildman–Crippen LogP) is 3.11. The fourth-order valence-corrected chi connectivity index (χ4v) is 1.86. The molecule has 0 N–H and O–H groups in total. The van der Waals surface area contributed by atoms with E-state index in [1.807, 2.05) is 0 Å². The molecule has 0 unspecified atom stereocenters. The van der Waals surface area contributed by atoms with Gasteiger partial charge in [-0.05, 0) is 12.1 Å². The average Bonchev–Trinajstić information content (AvgIpc) is 2.81. The molecular formula is C13H11ClN4O. The highest BCUT2D eigenvalue weighted by molar-refractivity contribution is 6.31. The van der Waals surface area contributed by atoms with Crippen LogP contribution in [0.2, 0.25) is 5.02 Å². The highest BCUT2D eigenvalue weighted by Gasteiger charge is 2.13. The first-order valence-corrected chi connectivity index (χ1v) is 6.17. The summed E-state index contributed by atoms with van der Waals surface area (Å²) >= 11 is 5.89. The van der Waals surface area contributed by atoms with Gasteiger partial charge in [-0.25, -0.2) is 0 Å². The Hall–Kier alpha value is -2.24. The highest BCUT2D eigenvalue weighted by atomic mass is 35.5. The number of benzene rings is 1. The second-order valence-corrected chi connectivity index (χ2v) is 4.35. The Labute approximate surface area is 115 Å². The quantitative estimate of drug-likeness (QED) is 0.837. The Balaban J connectivity index is 2.27. The van der Waals surface area contributed by atoms with Crippen LogP contribution in [-0.2, 0) is 0 Å². The molecule has 1 heterocycles. The topological polar surface area (TPSA) is 76.8 Å². The van der Waals surface area contributed by atoms with Crippen LogP contribution in [0.15, 0.2) is 22.6 Å². The molecule has 0 aliphatic heterocycles. The molecule has 0 atom stereocenters. The minimum atomic E-state index is 0.352. The smallest absolute Gasteiger partial charge is 0.298 e. The van der Waals surface area contributed by atoms with Gasteiger partial charge in [-0.3, -0.25) is 0 Å². The SMILES string of the molecule is N#CCCN(CCC#N)c1nc2ccc(Cl)cc2o1. The second-order valence-electron chi connectivity index (χ2n) is 3.91. The molecule has 2 rings (SSSR count). The number of nitriles is 2. The molecule has 0 amide bonds. The molecule has 0 fully saturated rings. The Kier molecular flexibility index (Phi) is 4.22. The van der Waals surface area contributed by atoms with Crippen molar-refractivity contribution < 1.29 is 4.42 Å². The van der Waals surface area contributed by atoms with Gasteiger partial charge in [0, 0.05) is 24.2 Å². The van der Waals surface area contributed by atoms with Gasteiger partial charge in [-0.15, -0.1) is 0 Å². The van der Waals surface area contributed by atoms with Gasteiger partial charge in [0.1, 0.15) is 5.52 Å². The molecular weight excluding hydrogens is 264 g/mol. The molecule has 0 aliphatic rings. The van der Waals surface area contributed by atoms with E-state index in [1.165, 1.54) is 0 Å². The molecule has 2 aromatic rings. The lowest BCUT2D eigenvalue weighted by atomic mass is 10.3. The molecule has 0 aliphatic carbocycles. The van der Waals surface area contributed by atoms with E-state index in [1.54, 1.807) is 23.1 Å². The van der Waals surface area contributed by atoms with Crippen LogP contribution < -0.4 is 4.90 Å². The molecule has 0 bridgehead atoms. The van der Waals surface area contributed by atoms with Crippen molar-refractivity contribution in [2.75, 3.05) is 18.0 Å². The van der Waals surface area contributed by atoms with Crippen molar-refractivity contribution in [2.24, 2.45) is 0 Å². The molecule has 96 valence electrons. The van der Waals surface area contributed by atoms with Gasteiger partial charge in [0.2, 0.25) is 0 Å². The molecule has 0 radical (unpaired) electrons. The highest BCUT2D eigenvalue weighted by Crippen LogP contribution is 2.24. The summed E-state index contributed by atoms with van der Waals surface area (Å²) in [6, 6.07) is 9.77. The first-order valence-electron chi connectivity index (χ1n) is 5.79. The van der Waals surface area contributed by atoms with Gasteiger partial charge < -0.3 is 9.32 Å². The van der Waals surface area contributed by atoms with Gasteiger partial charge in [-0.1, -0.05) is 11.6 Å². The summed E-state index contributed by atoms with van der Waals surface area (Å²) in [4.78, 5) is 6.13.